The average Bonchev–Trinajstić information content (AvgIpc) is 3.25. The summed E-state index contributed by atoms with van der Waals surface area (Å²) >= 11 is 1.50. The molecule has 0 amide bonds. The Labute approximate surface area is 150 Å². The molecule has 3 aromatic rings. The maximum Gasteiger partial charge on any atom is 0.237 e. The van der Waals surface area contributed by atoms with Crippen LogP contribution >= 0.6 is 11.8 Å². The zero-order valence-corrected chi connectivity index (χ0v) is 15.6. The topological polar surface area (TPSA) is 82.8 Å². The fraction of sp³-hybridized carbons (Fsp3) is 0.412. The number of thioether (sulfide) groups is 1. The first kappa shape index (κ1) is 17.5. The Morgan fingerprint density at radius 1 is 1.32 bits per heavy atom. The van der Waals surface area contributed by atoms with Crippen LogP contribution in [0.15, 0.2) is 39.1 Å². The summed E-state index contributed by atoms with van der Waals surface area (Å²) in [4.78, 5) is 4.45. The van der Waals surface area contributed by atoms with Gasteiger partial charge in [0.1, 0.15) is 5.76 Å². The van der Waals surface area contributed by atoms with Gasteiger partial charge in [0.05, 0.1) is 17.6 Å². The van der Waals surface area contributed by atoms with Crippen molar-refractivity contribution >= 4 is 11.8 Å². The van der Waals surface area contributed by atoms with Crippen LogP contribution in [0.1, 0.15) is 38.2 Å². The van der Waals surface area contributed by atoms with Crippen LogP contribution in [0, 0.1) is 6.92 Å². The highest BCUT2D eigenvalue weighted by atomic mass is 32.2. The van der Waals surface area contributed by atoms with Crippen molar-refractivity contribution in [3.8, 4) is 11.4 Å². The molecule has 0 radical (unpaired) electrons. The van der Waals surface area contributed by atoms with Gasteiger partial charge in [-0.2, -0.15) is 4.98 Å². The minimum absolute atomic E-state index is 0.138. The predicted molar refractivity (Wildman–Crippen MR) is 95.2 cm³/mol. The van der Waals surface area contributed by atoms with Gasteiger partial charge in [0.25, 0.3) is 0 Å². The van der Waals surface area contributed by atoms with Gasteiger partial charge >= 0.3 is 0 Å². The van der Waals surface area contributed by atoms with Crippen molar-refractivity contribution in [2.75, 3.05) is 0 Å². The van der Waals surface area contributed by atoms with Gasteiger partial charge < -0.3 is 8.94 Å². The fourth-order valence-electron chi connectivity index (χ4n) is 2.25. The number of aromatic nitrogens is 5. The second-order valence-corrected chi connectivity index (χ2v) is 7.59. The van der Waals surface area contributed by atoms with Gasteiger partial charge in [0, 0.05) is 12.0 Å². The first-order chi connectivity index (χ1) is 11.9. The summed E-state index contributed by atoms with van der Waals surface area (Å²) in [7, 11) is 0. The molecule has 0 fully saturated rings. The molecule has 132 valence electrons. The van der Waals surface area contributed by atoms with Gasteiger partial charge in [-0.25, -0.2) is 0 Å². The second-order valence-electron chi connectivity index (χ2n) is 6.65. The Kier molecular flexibility index (Phi) is 4.80. The molecule has 0 spiro atoms. The molecule has 8 heteroatoms. The van der Waals surface area contributed by atoms with Gasteiger partial charge in [0.15, 0.2) is 16.8 Å². The van der Waals surface area contributed by atoms with E-state index < -0.39 is 0 Å². The van der Waals surface area contributed by atoms with Crippen LogP contribution in [0.25, 0.3) is 11.4 Å². The number of rotatable bonds is 6. The highest BCUT2D eigenvalue weighted by molar-refractivity contribution is 7.98. The third-order valence-corrected chi connectivity index (χ3v) is 4.54. The van der Waals surface area contributed by atoms with E-state index in [1.165, 1.54) is 11.8 Å². The fourth-order valence-corrected chi connectivity index (χ4v) is 3.03. The summed E-state index contributed by atoms with van der Waals surface area (Å²) in [6.45, 7) is 12.5. The average molecular weight is 359 g/mol. The van der Waals surface area contributed by atoms with E-state index in [-0.39, 0.29) is 5.41 Å². The van der Waals surface area contributed by atoms with Crippen molar-refractivity contribution < 1.29 is 8.94 Å². The van der Waals surface area contributed by atoms with Crippen LogP contribution in [0.2, 0.25) is 0 Å². The number of hydrogen-bond acceptors (Lipinski definition) is 7. The normalized spacial score (nSPS) is 11.8. The minimum Gasteiger partial charge on any atom is -0.469 e. The Hall–Kier alpha value is -2.35. The first-order valence-corrected chi connectivity index (χ1v) is 8.93. The molecule has 0 saturated carbocycles. The standard InChI is InChI=1S/C17H21N5O2S/c1-6-8-22-14(12-7-9-23-11(12)2)19-20-16(22)25-10-13-18-15(21-24-13)17(3,4)5/h6-7,9H,1,8,10H2,2-5H3. The van der Waals surface area contributed by atoms with E-state index in [1.54, 1.807) is 6.26 Å². The molecule has 0 aromatic carbocycles. The summed E-state index contributed by atoms with van der Waals surface area (Å²) in [5.41, 5.74) is 0.787. The molecule has 0 aliphatic rings. The maximum atomic E-state index is 5.38. The van der Waals surface area contributed by atoms with Gasteiger partial charge in [-0.15, -0.1) is 16.8 Å². The molecule has 3 rings (SSSR count). The first-order valence-electron chi connectivity index (χ1n) is 7.94. The molecule has 3 aromatic heterocycles. The zero-order valence-electron chi connectivity index (χ0n) is 14.8. The quantitative estimate of drug-likeness (QED) is 0.486. The molecule has 0 bridgehead atoms. The Morgan fingerprint density at radius 2 is 2.12 bits per heavy atom. The lowest BCUT2D eigenvalue weighted by Gasteiger charge is -2.10. The van der Waals surface area contributed by atoms with Gasteiger partial charge in [-0.05, 0) is 13.0 Å². The van der Waals surface area contributed by atoms with Crippen LogP contribution in [-0.4, -0.2) is 24.9 Å². The molecule has 0 atom stereocenters. The van der Waals surface area contributed by atoms with Crippen molar-refractivity contribution in [2.24, 2.45) is 0 Å². The molecule has 0 N–H and O–H groups in total. The van der Waals surface area contributed by atoms with Crippen molar-refractivity contribution in [1.29, 1.82) is 0 Å². The third-order valence-electron chi connectivity index (χ3n) is 3.59. The maximum absolute atomic E-state index is 5.38. The summed E-state index contributed by atoms with van der Waals surface area (Å²) in [5, 5.41) is 13.4. The van der Waals surface area contributed by atoms with E-state index >= 15 is 0 Å². The summed E-state index contributed by atoms with van der Waals surface area (Å²) < 4.78 is 12.7. The smallest absolute Gasteiger partial charge is 0.237 e. The lowest BCUT2D eigenvalue weighted by Crippen LogP contribution is -2.13. The van der Waals surface area contributed by atoms with E-state index in [4.69, 9.17) is 8.94 Å². The van der Waals surface area contributed by atoms with Gasteiger partial charge in [-0.3, -0.25) is 4.57 Å². The Bertz CT molecular complexity index is 872. The molecule has 0 unspecified atom stereocenters. The van der Waals surface area contributed by atoms with Crippen LogP contribution in [0.3, 0.4) is 0 Å². The predicted octanol–water partition coefficient (Wildman–Crippen LogP) is 4.01. The highest BCUT2D eigenvalue weighted by Crippen LogP contribution is 2.29. The van der Waals surface area contributed by atoms with Crippen molar-refractivity contribution in [3.63, 3.8) is 0 Å². The molecule has 0 aliphatic carbocycles. The summed E-state index contributed by atoms with van der Waals surface area (Å²) in [5.74, 6) is 3.37. The van der Waals surface area contributed by atoms with E-state index in [0.717, 1.165) is 22.3 Å². The second kappa shape index (κ2) is 6.87. The zero-order chi connectivity index (χ0) is 18.0. The number of hydrogen-bond donors (Lipinski definition) is 0. The molecule has 0 saturated heterocycles. The van der Waals surface area contributed by atoms with E-state index in [9.17, 15) is 0 Å². The number of aryl methyl sites for hydroxylation is 1. The van der Waals surface area contributed by atoms with Crippen LogP contribution in [0.4, 0.5) is 0 Å². The highest BCUT2D eigenvalue weighted by Gasteiger charge is 2.22. The lowest BCUT2D eigenvalue weighted by molar-refractivity contribution is 0.372. The van der Waals surface area contributed by atoms with Crippen molar-refractivity contribution in [1.82, 2.24) is 24.9 Å². The monoisotopic (exact) mass is 359 g/mol. The van der Waals surface area contributed by atoms with Crippen molar-refractivity contribution in [2.45, 2.75) is 50.6 Å². The molecular formula is C17H21N5O2S. The van der Waals surface area contributed by atoms with Crippen molar-refractivity contribution in [3.05, 3.63) is 42.5 Å². The van der Waals surface area contributed by atoms with Crippen LogP contribution in [-0.2, 0) is 17.7 Å². The number of nitrogens with zero attached hydrogens (tertiary/aromatic N) is 5. The number of furan rings is 1. The Balaban J connectivity index is 1.81. The van der Waals surface area contributed by atoms with Crippen LogP contribution < -0.4 is 0 Å². The molecular weight excluding hydrogens is 338 g/mol. The van der Waals surface area contributed by atoms with E-state index in [2.05, 4.69) is 47.7 Å². The molecule has 7 nitrogen and oxygen atoms in total. The van der Waals surface area contributed by atoms with Crippen LogP contribution in [0.5, 0.6) is 0 Å². The summed E-state index contributed by atoms with van der Waals surface area (Å²) in [6.07, 6.45) is 3.47. The lowest BCUT2D eigenvalue weighted by atomic mass is 9.96. The minimum atomic E-state index is -0.138. The summed E-state index contributed by atoms with van der Waals surface area (Å²) in [6, 6.07) is 1.89. The number of allylic oxidation sites excluding steroid dienone is 1. The largest absolute Gasteiger partial charge is 0.469 e. The van der Waals surface area contributed by atoms with Gasteiger partial charge in [-0.1, -0.05) is 43.8 Å². The van der Waals surface area contributed by atoms with E-state index in [0.29, 0.717) is 24.0 Å². The molecule has 3 heterocycles. The third kappa shape index (κ3) is 3.68. The Morgan fingerprint density at radius 3 is 2.72 bits per heavy atom. The molecule has 25 heavy (non-hydrogen) atoms. The van der Waals surface area contributed by atoms with Gasteiger partial charge in [0.2, 0.25) is 5.89 Å². The molecule has 0 aliphatic heterocycles. The SMILES string of the molecule is C=CCn1c(SCc2nc(C(C)(C)C)no2)nnc1-c1ccoc1C. The van der Waals surface area contributed by atoms with E-state index in [1.807, 2.05) is 23.6 Å².